The van der Waals surface area contributed by atoms with E-state index in [1.807, 2.05) is 66.9 Å². The predicted molar refractivity (Wildman–Crippen MR) is 112 cm³/mol. The number of rotatable bonds is 6. The molecule has 1 amide bonds. The molecule has 0 aliphatic rings. The van der Waals surface area contributed by atoms with E-state index in [0.717, 1.165) is 21.6 Å². The normalized spacial score (nSPS) is 13.0. The van der Waals surface area contributed by atoms with Gasteiger partial charge in [-0.25, -0.2) is 0 Å². The van der Waals surface area contributed by atoms with Gasteiger partial charge in [0, 0.05) is 4.90 Å². The second kappa shape index (κ2) is 8.42. The van der Waals surface area contributed by atoms with Crippen LogP contribution in [-0.4, -0.2) is 23.8 Å². The van der Waals surface area contributed by atoms with Gasteiger partial charge in [0.1, 0.15) is 5.60 Å². The standard InChI is InChI=1S/C23H23NO2S/c1-23(26,16-24-22(25)20-10-6-7-11-21(20)27-2)19-14-12-18(13-15-19)17-8-4-3-5-9-17/h3-15,26H,16H2,1-2H3,(H,24,25)/t23-/m1/s1. The highest BCUT2D eigenvalue weighted by Gasteiger charge is 2.24. The third-order valence-corrected chi connectivity index (χ3v) is 5.35. The van der Waals surface area contributed by atoms with Crippen molar-refractivity contribution in [3.05, 3.63) is 90.0 Å². The Kier molecular flexibility index (Phi) is 5.99. The molecule has 0 saturated carbocycles. The van der Waals surface area contributed by atoms with Crippen molar-refractivity contribution in [1.82, 2.24) is 5.32 Å². The van der Waals surface area contributed by atoms with Crippen LogP contribution in [0.15, 0.2) is 83.8 Å². The van der Waals surface area contributed by atoms with E-state index in [9.17, 15) is 9.90 Å². The van der Waals surface area contributed by atoms with Gasteiger partial charge in [-0.2, -0.15) is 0 Å². The smallest absolute Gasteiger partial charge is 0.252 e. The van der Waals surface area contributed by atoms with Crippen LogP contribution in [0, 0.1) is 0 Å². The summed E-state index contributed by atoms with van der Waals surface area (Å²) in [5.41, 5.74) is 2.46. The van der Waals surface area contributed by atoms with Gasteiger partial charge in [0.05, 0.1) is 12.1 Å². The third kappa shape index (κ3) is 4.59. The molecular weight excluding hydrogens is 354 g/mol. The van der Waals surface area contributed by atoms with Crippen molar-refractivity contribution >= 4 is 17.7 Å². The van der Waals surface area contributed by atoms with Crippen LogP contribution in [0.4, 0.5) is 0 Å². The second-order valence-electron chi connectivity index (χ2n) is 6.60. The highest BCUT2D eigenvalue weighted by atomic mass is 32.2. The number of carbonyl (C=O) groups is 1. The third-order valence-electron chi connectivity index (χ3n) is 4.56. The summed E-state index contributed by atoms with van der Waals surface area (Å²) >= 11 is 1.53. The molecule has 3 aromatic carbocycles. The van der Waals surface area contributed by atoms with Crippen molar-refractivity contribution in [2.75, 3.05) is 12.8 Å². The van der Waals surface area contributed by atoms with Crippen molar-refractivity contribution in [2.45, 2.75) is 17.4 Å². The van der Waals surface area contributed by atoms with Crippen LogP contribution in [0.3, 0.4) is 0 Å². The van der Waals surface area contributed by atoms with Crippen molar-refractivity contribution in [3.63, 3.8) is 0 Å². The number of nitrogens with one attached hydrogen (secondary N) is 1. The molecule has 3 rings (SSSR count). The van der Waals surface area contributed by atoms with E-state index in [-0.39, 0.29) is 12.5 Å². The summed E-state index contributed by atoms with van der Waals surface area (Å²) in [6, 6.07) is 25.4. The molecule has 0 fully saturated rings. The Hall–Kier alpha value is -2.56. The summed E-state index contributed by atoms with van der Waals surface area (Å²) in [7, 11) is 0. The van der Waals surface area contributed by atoms with E-state index in [1.165, 1.54) is 11.8 Å². The molecule has 0 aliphatic heterocycles. The van der Waals surface area contributed by atoms with Crippen LogP contribution in [0.2, 0.25) is 0 Å². The minimum Gasteiger partial charge on any atom is -0.384 e. The first kappa shape index (κ1) is 19.2. The van der Waals surface area contributed by atoms with Crippen molar-refractivity contribution in [3.8, 4) is 11.1 Å². The van der Waals surface area contributed by atoms with Gasteiger partial charge in [0.15, 0.2) is 0 Å². The molecule has 0 saturated heterocycles. The zero-order valence-corrected chi connectivity index (χ0v) is 16.3. The molecule has 0 spiro atoms. The van der Waals surface area contributed by atoms with Gasteiger partial charge in [-0.05, 0) is 42.0 Å². The van der Waals surface area contributed by atoms with Gasteiger partial charge in [-0.3, -0.25) is 4.79 Å². The molecular formula is C23H23NO2S. The van der Waals surface area contributed by atoms with E-state index in [4.69, 9.17) is 0 Å². The number of aliphatic hydroxyl groups is 1. The molecule has 0 aromatic heterocycles. The van der Waals surface area contributed by atoms with Gasteiger partial charge in [-0.1, -0.05) is 66.7 Å². The maximum Gasteiger partial charge on any atom is 0.252 e. The van der Waals surface area contributed by atoms with Crippen LogP contribution in [-0.2, 0) is 5.60 Å². The lowest BCUT2D eigenvalue weighted by Gasteiger charge is -2.25. The Labute approximate surface area is 164 Å². The van der Waals surface area contributed by atoms with Gasteiger partial charge in [0.2, 0.25) is 0 Å². The van der Waals surface area contributed by atoms with E-state index in [2.05, 4.69) is 17.4 Å². The van der Waals surface area contributed by atoms with Crippen LogP contribution in [0.1, 0.15) is 22.8 Å². The van der Waals surface area contributed by atoms with E-state index in [1.54, 1.807) is 13.0 Å². The molecule has 3 nitrogen and oxygen atoms in total. The number of hydrogen-bond acceptors (Lipinski definition) is 3. The fourth-order valence-electron chi connectivity index (χ4n) is 2.93. The first-order valence-electron chi connectivity index (χ1n) is 8.81. The number of carbonyl (C=O) groups excluding carboxylic acids is 1. The fraction of sp³-hybridized carbons (Fsp3) is 0.174. The molecule has 0 unspecified atom stereocenters. The first-order valence-corrected chi connectivity index (χ1v) is 10.0. The molecule has 2 N–H and O–H groups in total. The molecule has 3 aromatic rings. The molecule has 1 atom stereocenters. The van der Waals surface area contributed by atoms with Gasteiger partial charge < -0.3 is 10.4 Å². The van der Waals surface area contributed by atoms with Crippen LogP contribution >= 0.6 is 11.8 Å². The number of thioether (sulfide) groups is 1. The molecule has 0 radical (unpaired) electrons. The number of hydrogen-bond donors (Lipinski definition) is 2. The minimum absolute atomic E-state index is 0.138. The number of benzene rings is 3. The predicted octanol–water partition coefficient (Wildman–Crippen LogP) is 4.71. The zero-order chi connectivity index (χ0) is 19.3. The summed E-state index contributed by atoms with van der Waals surface area (Å²) in [5, 5.41) is 13.7. The summed E-state index contributed by atoms with van der Waals surface area (Å²) in [5.74, 6) is -0.180. The van der Waals surface area contributed by atoms with Gasteiger partial charge >= 0.3 is 0 Å². The SMILES string of the molecule is CSc1ccccc1C(=O)NC[C@@](C)(O)c1ccc(-c2ccccc2)cc1. The topological polar surface area (TPSA) is 49.3 Å². The summed E-state index contributed by atoms with van der Waals surface area (Å²) in [4.78, 5) is 13.4. The van der Waals surface area contributed by atoms with E-state index < -0.39 is 5.60 Å². The zero-order valence-electron chi connectivity index (χ0n) is 15.5. The number of amides is 1. The first-order chi connectivity index (χ1) is 13.0. The molecule has 138 valence electrons. The molecule has 0 bridgehead atoms. The largest absolute Gasteiger partial charge is 0.384 e. The Balaban J connectivity index is 1.70. The lowest BCUT2D eigenvalue weighted by atomic mass is 9.93. The van der Waals surface area contributed by atoms with Gasteiger partial charge in [-0.15, -0.1) is 11.8 Å². The lowest BCUT2D eigenvalue weighted by Crippen LogP contribution is -2.38. The van der Waals surface area contributed by atoms with Crippen molar-refractivity contribution in [2.24, 2.45) is 0 Å². The average molecular weight is 378 g/mol. The minimum atomic E-state index is -1.15. The summed E-state index contributed by atoms with van der Waals surface area (Å²) in [6.07, 6.45) is 1.94. The van der Waals surface area contributed by atoms with Crippen molar-refractivity contribution < 1.29 is 9.90 Å². The highest BCUT2D eigenvalue weighted by Crippen LogP contribution is 2.25. The van der Waals surface area contributed by atoms with Crippen LogP contribution in [0.5, 0.6) is 0 Å². The maximum atomic E-state index is 12.5. The molecule has 27 heavy (non-hydrogen) atoms. The maximum absolute atomic E-state index is 12.5. The van der Waals surface area contributed by atoms with E-state index in [0.29, 0.717) is 5.56 Å². The molecule has 4 heteroatoms. The Bertz CT molecular complexity index is 905. The molecule has 0 heterocycles. The molecule has 0 aliphatic carbocycles. The van der Waals surface area contributed by atoms with Crippen LogP contribution in [0.25, 0.3) is 11.1 Å². The Morgan fingerprint density at radius 1 is 0.926 bits per heavy atom. The fourth-order valence-corrected chi connectivity index (χ4v) is 3.53. The Morgan fingerprint density at radius 3 is 2.19 bits per heavy atom. The summed E-state index contributed by atoms with van der Waals surface area (Å²) in [6.45, 7) is 1.85. The van der Waals surface area contributed by atoms with Crippen LogP contribution < -0.4 is 5.32 Å². The van der Waals surface area contributed by atoms with Crippen molar-refractivity contribution in [1.29, 1.82) is 0 Å². The average Bonchev–Trinajstić information content (AvgIpc) is 2.73. The second-order valence-corrected chi connectivity index (χ2v) is 7.45. The van der Waals surface area contributed by atoms with E-state index >= 15 is 0 Å². The highest BCUT2D eigenvalue weighted by molar-refractivity contribution is 7.98. The lowest BCUT2D eigenvalue weighted by molar-refractivity contribution is 0.0525. The monoisotopic (exact) mass is 377 g/mol. The quantitative estimate of drug-likeness (QED) is 0.612. The summed E-state index contributed by atoms with van der Waals surface area (Å²) < 4.78 is 0. The Morgan fingerprint density at radius 2 is 1.52 bits per heavy atom. The van der Waals surface area contributed by atoms with Gasteiger partial charge in [0.25, 0.3) is 5.91 Å².